The first-order valence-electron chi connectivity index (χ1n) is 10.3. The van der Waals surface area contributed by atoms with Crippen molar-refractivity contribution in [2.45, 2.75) is 12.6 Å². The third-order valence-electron chi connectivity index (χ3n) is 5.28. The lowest BCUT2D eigenvalue weighted by molar-refractivity contribution is -0.140. The highest BCUT2D eigenvalue weighted by Crippen LogP contribution is 2.41. The minimum Gasteiger partial charge on any atom is -0.507 e. The number of carbonyl (C=O) groups excluding carboxylic acids is 2. The molecule has 6 nitrogen and oxygen atoms in total. The van der Waals surface area contributed by atoms with Crippen LogP contribution in [0.15, 0.2) is 91.3 Å². The molecule has 1 saturated heterocycles. The van der Waals surface area contributed by atoms with Gasteiger partial charge in [0.05, 0.1) is 11.6 Å². The van der Waals surface area contributed by atoms with Crippen LogP contribution in [0.4, 0.5) is 4.39 Å². The molecule has 166 valence electrons. The first-order chi connectivity index (χ1) is 16.0. The van der Waals surface area contributed by atoms with E-state index in [2.05, 4.69) is 11.6 Å². The topological polar surface area (TPSA) is 79.7 Å². The number of likely N-dealkylation sites (tertiary alicyclic amines) is 1. The maximum Gasteiger partial charge on any atom is 0.295 e. The second kappa shape index (κ2) is 9.48. The number of pyridine rings is 1. The number of amides is 1. The van der Waals surface area contributed by atoms with Gasteiger partial charge in [0, 0.05) is 24.5 Å². The van der Waals surface area contributed by atoms with Gasteiger partial charge < -0.3 is 14.7 Å². The van der Waals surface area contributed by atoms with Crippen molar-refractivity contribution in [1.82, 2.24) is 9.88 Å². The van der Waals surface area contributed by atoms with E-state index in [4.69, 9.17) is 4.74 Å². The van der Waals surface area contributed by atoms with Crippen LogP contribution < -0.4 is 4.74 Å². The number of ketones is 1. The Kier molecular flexibility index (Phi) is 6.31. The number of halogens is 1. The third-order valence-corrected chi connectivity index (χ3v) is 5.28. The number of Topliss-reactive ketones (excluding diaryl/α,β-unsaturated/α-hetero) is 1. The molecule has 0 bridgehead atoms. The third kappa shape index (κ3) is 4.52. The molecule has 33 heavy (non-hydrogen) atoms. The average molecular weight is 444 g/mol. The van der Waals surface area contributed by atoms with Crippen LogP contribution >= 0.6 is 0 Å². The normalized spacial score (nSPS) is 17.2. The predicted octanol–water partition coefficient (Wildman–Crippen LogP) is 4.41. The first kappa shape index (κ1) is 22.0. The van der Waals surface area contributed by atoms with Crippen molar-refractivity contribution in [2.75, 3.05) is 6.61 Å². The maximum atomic E-state index is 13.4. The fourth-order valence-electron chi connectivity index (χ4n) is 3.77. The Bertz CT molecular complexity index is 1220. The molecule has 1 amide bonds. The number of ether oxygens (including phenoxy) is 1. The largest absolute Gasteiger partial charge is 0.507 e. The van der Waals surface area contributed by atoms with E-state index in [-0.39, 0.29) is 30.0 Å². The van der Waals surface area contributed by atoms with Gasteiger partial charge in [0.15, 0.2) is 0 Å². The first-order valence-corrected chi connectivity index (χ1v) is 10.3. The van der Waals surface area contributed by atoms with Gasteiger partial charge in [0.1, 0.15) is 23.9 Å². The second-order valence-corrected chi connectivity index (χ2v) is 7.47. The molecule has 4 rings (SSSR count). The summed E-state index contributed by atoms with van der Waals surface area (Å²) in [6, 6.07) is 14.7. The van der Waals surface area contributed by atoms with E-state index < -0.39 is 23.5 Å². The molecule has 1 atom stereocenters. The minimum absolute atomic E-state index is 0.0728. The molecule has 7 heteroatoms. The Morgan fingerprint density at radius 1 is 1.15 bits per heavy atom. The lowest BCUT2D eigenvalue weighted by Crippen LogP contribution is -2.29. The van der Waals surface area contributed by atoms with Gasteiger partial charge in [-0.15, -0.1) is 0 Å². The molecule has 1 aromatic heterocycles. The molecule has 2 heterocycles. The van der Waals surface area contributed by atoms with Gasteiger partial charge in [0.25, 0.3) is 11.7 Å². The molecule has 1 aliphatic heterocycles. The van der Waals surface area contributed by atoms with Crippen LogP contribution in [0.25, 0.3) is 5.76 Å². The molecular weight excluding hydrogens is 423 g/mol. The monoisotopic (exact) mass is 444 g/mol. The van der Waals surface area contributed by atoms with Gasteiger partial charge in [-0.05, 0) is 53.6 Å². The van der Waals surface area contributed by atoms with Crippen molar-refractivity contribution in [3.8, 4) is 5.75 Å². The van der Waals surface area contributed by atoms with E-state index in [0.717, 1.165) is 5.56 Å². The van der Waals surface area contributed by atoms with Crippen molar-refractivity contribution < 1.29 is 23.8 Å². The van der Waals surface area contributed by atoms with E-state index in [0.29, 0.717) is 11.3 Å². The van der Waals surface area contributed by atoms with Crippen LogP contribution in [-0.2, 0) is 16.1 Å². The van der Waals surface area contributed by atoms with Crippen LogP contribution in [0.5, 0.6) is 5.75 Å². The molecule has 2 aromatic carbocycles. The highest BCUT2D eigenvalue weighted by molar-refractivity contribution is 6.46. The number of nitrogens with zero attached hydrogens (tertiary/aromatic N) is 2. The summed E-state index contributed by atoms with van der Waals surface area (Å²) < 4.78 is 19.0. The van der Waals surface area contributed by atoms with Crippen molar-refractivity contribution in [3.05, 3.63) is 114 Å². The molecular formula is C26H21FN2O4. The Morgan fingerprint density at radius 3 is 2.64 bits per heavy atom. The molecule has 0 saturated carbocycles. The number of aliphatic hydroxyl groups excluding tert-OH is 1. The molecule has 1 aliphatic rings. The molecule has 1 N–H and O–H groups in total. The van der Waals surface area contributed by atoms with E-state index in [9.17, 15) is 19.1 Å². The van der Waals surface area contributed by atoms with Crippen LogP contribution in [0.1, 0.15) is 22.7 Å². The lowest BCUT2D eigenvalue weighted by atomic mass is 9.95. The molecule has 3 aromatic rings. The summed E-state index contributed by atoms with van der Waals surface area (Å²) in [6.45, 7) is 4.03. The highest BCUT2D eigenvalue weighted by atomic mass is 19.1. The van der Waals surface area contributed by atoms with E-state index >= 15 is 0 Å². The number of rotatable bonds is 7. The Hall–Kier alpha value is -4.26. The second-order valence-electron chi connectivity index (χ2n) is 7.47. The average Bonchev–Trinajstić information content (AvgIpc) is 3.08. The van der Waals surface area contributed by atoms with E-state index in [1.807, 2.05) is 0 Å². The highest BCUT2D eigenvalue weighted by Gasteiger charge is 2.46. The number of hydrogen-bond donors (Lipinski definition) is 1. The Labute approximate surface area is 190 Å². The summed E-state index contributed by atoms with van der Waals surface area (Å²) in [7, 11) is 0. The molecule has 0 spiro atoms. The zero-order valence-corrected chi connectivity index (χ0v) is 17.6. The van der Waals surface area contributed by atoms with E-state index in [1.165, 1.54) is 29.2 Å². The number of benzene rings is 2. The maximum absolute atomic E-state index is 13.4. The summed E-state index contributed by atoms with van der Waals surface area (Å²) in [5.74, 6) is -1.88. The number of aliphatic hydroxyl groups is 1. The van der Waals surface area contributed by atoms with Crippen molar-refractivity contribution in [1.29, 1.82) is 0 Å². The fraction of sp³-hybridized carbons (Fsp3) is 0.115. The van der Waals surface area contributed by atoms with Crippen LogP contribution in [0.2, 0.25) is 0 Å². The zero-order valence-electron chi connectivity index (χ0n) is 17.6. The van der Waals surface area contributed by atoms with Gasteiger partial charge in [-0.25, -0.2) is 4.39 Å². The summed E-state index contributed by atoms with van der Waals surface area (Å²) in [5.41, 5.74) is 1.48. The van der Waals surface area contributed by atoms with Crippen molar-refractivity contribution in [2.24, 2.45) is 0 Å². The van der Waals surface area contributed by atoms with Crippen molar-refractivity contribution in [3.63, 3.8) is 0 Å². The summed E-state index contributed by atoms with van der Waals surface area (Å²) in [4.78, 5) is 31.6. The van der Waals surface area contributed by atoms with Gasteiger partial charge in [0.2, 0.25) is 0 Å². The summed E-state index contributed by atoms with van der Waals surface area (Å²) in [5, 5.41) is 11.0. The summed E-state index contributed by atoms with van der Waals surface area (Å²) >= 11 is 0. The van der Waals surface area contributed by atoms with Crippen molar-refractivity contribution >= 4 is 17.4 Å². The van der Waals surface area contributed by atoms with Gasteiger partial charge in [-0.3, -0.25) is 14.6 Å². The molecule has 0 aliphatic carbocycles. The zero-order chi connectivity index (χ0) is 23.4. The van der Waals surface area contributed by atoms with E-state index in [1.54, 1.807) is 54.9 Å². The quantitative estimate of drug-likeness (QED) is 0.253. The fourth-order valence-corrected chi connectivity index (χ4v) is 3.77. The van der Waals surface area contributed by atoms with Gasteiger partial charge >= 0.3 is 0 Å². The SMILES string of the molecule is C=CCOc1cccc(C2/C(=C(/O)c3ccc(F)cc3)C(=O)C(=O)N2Cc2cccnc2)c1. The summed E-state index contributed by atoms with van der Waals surface area (Å²) in [6.07, 6.45) is 4.83. The van der Waals surface area contributed by atoms with Gasteiger partial charge in [-0.2, -0.15) is 0 Å². The molecule has 0 radical (unpaired) electrons. The smallest absolute Gasteiger partial charge is 0.295 e. The molecule has 1 unspecified atom stereocenters. The van der Waals surface area contributed by atoms with Gasteiger partial charge in [-0.1, -0.05) is 30.9 Å². The Morgan fingerprint density at radius 2 is 1.94 bits per heavy atom. The number of carbonyl (C=O) groups is 2. The number of aromatic nitrogens is 1. The Balaban J connectivity index is 1.84. The lowest BCUT2D eigenvalue weighted by Gasteiger charge is -2.25. The predicted molar refractivity (Wildman–Crippen MR) is 121 cm³/mol. The van der Waals surface area contributed by atoms with Crippen LogP contribution in [0.3, 0.4) is 0 Å². The van der Waals surface area contributed by atoms with Crippen LogP contribution in [-0.4, -0.2) is 33.3 Å². The minimum atomic E-state index is -0.873. The molecule has 1 fully saturated rings. The number of hydrogen-bond acceptors (Lipinski definition) is 5. The standard InChI is InChI=1S/C26H21FN2O4/c1-2-13-33-21-7-3-6-19(14-21)23-22(24(30)18-8-10-20(27)11-9-18)25(31)26(32)29(23)16-17-5-4-12-28-15-17/h2-12,14-15,23,30H,1,13,16H2/b24-22-. The van der Waals surface area contributed by atoms with Crippen LogP contribution in [0, 0.1) is 5.82 Å².